The van der Waals surface area contributed by atoms with Crippen LogP contribution in [0.4, 0.5) is 10.2 Å². The summed E-state index contributed by atoms with van der Waals surface area (Å²) in [6.07, 6.45) is 3.71. The third-order valence-corrected chi connectivity index (χ3v) is 2.84. The third kappa shape index (κ3) is 2.92. The van der Waals surface area contributed by atoms with Crippen molar-refractivity contribution in [2.45, 2.75) is 25.4 Å². The lowest BCUT2D eigenvalue weighted by atomic mass is 10.1. The van der Waals surface area contributed by atoms with Crippen LogP contribution in [-0.2, 0) is 4.74 Å². The van der Waals surface area contributed by atoms with Gasteiger partial charge in [0.15, 0.2) is 0 Å². The second kappa shape index (κ2) is 5.25. The maximum Gasteiger partial charge on any atom is 0.214 e. The summed E-state index contributed by atoms with van der Waals surface area (Å²) >= 11 is 0. The fourth-order valence-electron chi connectivity index (χ4n) is 1.96. The minimum atomic E-state index is -0.436. The molecule has 1 fully saturated rings. The largest absolute Gasteiger partial charge is 0.376 e. The summed E-state index contributed by atoms with van der Waals surface area (Å²) < 4.78 is 18.6. The van der Waals surface area contributed by atoms with Gasteiger partial charge in [-0.2, -0.15) is 4.39 Å². The van der Waals surface area contributed by atoms with Gasteiger partial charge in [0.1, 0.15) is 5.82 Å². The Morgan fingerprint density at radius 2 is 2.38 bits per heavy atom. The number of anilines is 1. The molecule has 1 aromatic rings. The SMILES string of the molecule is CN(CC1CCCCO1)c1cccc(F)n1. The molecular formula is C12H17FN2O. The van der Waals surface area contributed by atoms with E-state index in [0.717, 1.165) is 26.0 Å². The van der Waals surface area contributed by atoms with Gasteiger partial charge in [0, 0.05) is 20.2 Å². The van der Waals surface area contributed by atoms with E-state index in [9.17, 15) is 4.39 Å². The van der Waals surface area contributed by atoms with Crippen LogP contribution in [0.3, 0.4) is 0 Å². The van der Waals surface area contributed by atoms with Crippen molar-refractivity contribution in [2.24, 2.45) is 0 Å². The predicted octanol–water partition coefficient (Wildman–Crippen LogP) is 2.23. The molecule has 0 bridgehead atoms. The zero-order valence-corrected chi connectivity index (χ0v) is 9.53. The van der Waals surface area contributed by atoms with Gasteiger partial charge in [-0.1, -0.05) is 6.07 Å². The van der Waals surface area contributed by atoms with E-state index in [0.29, 0.717) is 5.82 Å². The second-order valence-corrected chi connectivity index (χ2v) is 4.19. The van der Waals surface area contributed by atoms with Crippen molar-refractivity contribution in [1.29, 1.82) is 0 Å². The van der Waals surface area contributed by atoms with Crippen molar-refractivity contribution in [1.82, 2.24) is 4.98 Å². The topological polar surface area (TPSA) is 25.4 Å². The highest BCUT2D eigenvalue weighted by Gasteiger charge is 2.16. The number of ether oxygens (including phenoxy) is 1. The lowest BCUT2D eigenvalue weighted by Crippen LogP contribution is -2.33. The summed E-state index contributed by atoms with van der Waals surface area (Å²) in [6.45, 7) is 1.62. The van der Waals surface area contributed by atoms with Gasteiger partial charge < -0.3 is 9.64 Å². The third-order valence-electron chi connectivity index (χ3n) is 2.84. The molecule has 1 aliphatic rings. The molecule has 2 heterocycles. The highest BCUT2D eigenvalue weighted by Crippen LogP contribution is 2.16. The Kier molecular flexibility index (Phi) is 3.72. The van der Waals surface area contributed by atoms with Gasteiger partial charge in [-0.3, -0.25) is 0 Å². The molecule has 1 saturated heterocycles. The standard InChI is InChI=1S/C12H17FN2O/c1-15(9-10-5-2-3-8-16-10)12-7-4-6-11(13)14-12/h4,6-7,10H,2-3,5,8-9H2,1H3. The van der Waals surface area contributed by atoms with Gasteiger partial charge in [-0.05, 0) is 31.4 Å². The second-order valence-electron chi connectivity index (χ2n) is 4.19. The van der Waals surface area contributed by atoms with E-state index < -0.39 is 5.95 Å². The van der Waals surface area contributed by atoms with Crippen LogP contribution in [0.5, 0.6) is 0 Å². The molecule has 0 N–H and O–H groups in total. The first kappa shape index (κ1) is 11.3. The van der Waals surface area contributed by atoms with Crippen LogP contribution in [0, 0.1) is 5.95 Å². The molecule has 0 radical (unpaired) electrons. The van der Waals surface area contributed by atoms with Gasteiger partial charge in [0.25, 0.3) is 0 Å². The molecule has 0 spiro atoms. The summed E-state index contributed by atoms with van der Waals surface area (Å²) in [4.78, 5) is 5.79. The Balaban J connectivity index is 1.94. The molecule has 1 aromatic heterocycles. The zero-order valence-electron chi connectivity index (χ0n) is 9.53. The Labute approximate surface area is 95.2 Å². The maximum atomic E-state index is 12.9. The molecular weight excluding hydrogens is 207 g/mol. The van der Waals surface area contributed by atoms with Crippen molar-refractivity contribution >= 4 is 5.82 Å². The number of rotatable bonds is 3. The number of likely N-dealkylation sites (N-methyl/N-ethyl adjacent to an activating group) is 1. The molecule has 1 atom stereocenters. The number of pyridine rings is 1. The van der Waals surface area contributed by atoms with Gasteiger partial charge in [0.05, 0.1) is 6.10 Å². The van der Waals surface area contributed by atoms with Crippen LogP contribution >= 0.6 is 0 Å². The van der Waals surface area contributed by atoms with E-state index >= 15 is 0 Å². The van der Waals surface area contributed by atoms with Crippen molar-refractivity contribution in [3.63, 3.8) is 0 Å². The highest BCUT2D eigenvalue weighted by atomic mass is 19.1. The van der Waals surface area contributed by atoms with Gasteiger partial charge >= 0.3 is 0 Å². The van der Waals surface area contributed by atoms with Crippen LogP contribution in [0.25, 0.3) is 0 Å². The Hall–Kier alpha value is -1.16. The minimum absolute atomic E-state index is 0.254. The lowest BCUT2D eigenvalue weighted by Gasteiger charge is -2.27. The molecule has 4 heteroatoms. The average Bonchev–Trinajstić information content (AvgIpc) is 2.30. The Bertz CT molecular complexity index is 340. The summed E-state index contributed by atoms with van der Waals surface area (Å²) in [7, 11) is 1.92. The molecule has 1 aliphatic heterocycles. The fraction of sp³-hybridized carbons (Fsp3) is 0.583. The molecule has 16 heavy (non-hydrogen) atoms. The summed E-state index contributed by atoms with van der Waals surface area (Å²) in [5.41, 5.74) is 0. The Morgan fingerprint density at radius 3 is 3.06 bits per heavy atom. The first-order valence-electron chi connectivity index (χ1n) is 5.71. The molecule has 2 rings (SSSR count). The fourth-order valence-corrected chi connectivity index (χ4v) is 1.96. The summed E-state index contributed by atoms with van der Waals surface area (Å²) in [5.74, 6) is 0.225. The average molecular weight is 224 g/mol. The minimum Gasteiger partial charge on any atom is -0.376 e. The van der Waals surface area contributed by atoms with E-state index in [1.165, 1.54) is 12.5 Å². The number of halogens is 1. The predicted molar refractivity (Wildman–Crippen MR) is 61.1 cm³/mol. The van der Waals surface area contributed by atoms with Crippen molar-refractivity contribution in [3.05, 3.63) is 24.1 Å². The van der Waals surface area contributed by atoms with Crippen molar-refractivity contribution < 1.29 is 9.13 Å². The van der Waals surface area contributed by atoms with Crippen LogP contribution < -0.4 is 4.90 Å². The van der Waals surface area contributed by atoms with Crippen molar-refractivity contribution in [2.75, 3.05) is 25.1 Å². The highest BCUT2D eigenvalue weighted by molar-refractivity contribution is 5.36. The van der Waals surface area contributed by atoms with Gasteiger partial charge in [0.2, 0.25) is 5.95 Å². The van der Waals surface area contributed by atoms with Crippen LogP contribution in [0.2, 0.25) is 0 Å². The van der Waals surface area contributed by atoms with E-state index in [1.807, 2.05) is 18.0 Å². The molecule has 88 valence electrons. The van der Waals surface area contributed by atoms with E-state index in [-0.39, 0.29) is 6.10 Å². The number of nitrogens with zero attached hydrogens (tertiary/aromatic N) is 2. The van der Waals surface area contributed by atoms with Gasteiger partial charge in [-0.25, -0.2) is 4.98 Å². The van der Waals surface area contributed by atoms with Crippen LogP contribution in [0.1, 0.15) is 19.3 Å². The summed E-state index contributed by atoms with van der Waals surface area (Å²) in [6, 6.07) is 4.84. The molecule has 1 unspecified atom stereocenters. The van der Waals surface area contributed by atoms with Crippen LogP contribution in [0.15, 0.2) is 18.2 Å². The van der Waals surface area contributed by atoms with Crippen molar-refractivity contribution in [3.8, 4) is 0 Å². The molecule has 0 saturated carbocycles. The van der Waals surface area contributed by atoms with Crippen LogP contribution in [-0.4, -0.2) is 31.3 Å². The van der Waals surface area contributed by atoms with Gasteiger partial charge in [-0.15, -0.1) is 0 Å². The molecule has 0 aliphatic carbocycles. The first-order valence-corrected chi connectivity index (χ1v) is 5.71. The zero-order chi connectivity index (χ0) is 11.4. The molecule has 3 nitrogen and oxygen atoms in total. The maximum absolute atomic E-state index is 12.9. The molecule has 0 aromatic carbocycles. The van der Waals surface area contributed by atoms with E-state index in [4.69, 9.17) is 4.74 Å². The monoisotopic (exact) mass is 224 g/mol. The summed E-state index contributed by atoms with van der Waals surface area (Å²) in [5, 5.41) is 0. The quantitative estimate of drug-likeness (QED) is 0.736. The number of hydrogen-bond acceptors (Lipinski definition) is 3. The molecule has 0 amide bonds. The van der Waals surface area contributed by atoms with E-state index in [2.05, 4.69) is 4.98 Å². The smallest absolute Gasteiger partial charge is 0.214 e. The van der Waals surface area contributed by atoms with E-state index in [1.54, 1.807) is 6.07 Å². The normalized spacial score (nSPS) is 20.8. The number of hydrogen-bond donors (Lipinski definition) is 0. The first-order chi connectivity index (χ1) is 7.75. The number of aromatic nitrogens is 1. The lowest BCUT2D eigenvalue weighted by molar-refractivity contribution is 0.0215. The Morgan fingerprint density at radius 1 is 1.50 bits per heavy atom.